The number of unbranched alkanes of at least 4 members (excludes halogenated alkanes) is 17. The van der Waals surface area contributed by atoms with Crippen LogP contribution in [-0.4, -0.2) is 193 Å². The molecule has 414 valence electrons. The summed E-state index contributed by atoms with van der Waals surface area (Å²) in [6.07, 6.45) is 9.04. The molecular formula is C52H93NO18. The zero-order valence-electron chi connectivity index (χ0n) is 42.4. The molecule has 3 fully saturated rings. The minimum absolute atomic E-state index is 0.232. The number of ether oxygens (including phenoxy) is 6. The smallest absolute Gasteiger partial charge is 0.220 e. The topological polar surface area (TPSA) is 307 Å². The molecule has 0 spiro atoms. The summed E-state index contributed by atoms with van der Waals surface area (Å²) in [5.74, 6) is -0.295. The molecule has 0 aromatic heterocycles. The van der Waals surface area contributed by atoms with Crippen LogP contribution in [0.4, 0.5) is 0 Å². The van der Waals surface area contributed by atoms with Crippen molar-refractivity contribution >= 4 is 5.91 Å². The van der Waals surface area contributed by atoms with Gasteiger partial charge in [-0.25, -0.2) is 0 Å². The molecule has 17 atom stereocenters. The van der Waals surface area contributed by atoms with Gasteiger partial charge in [0.05, 0.1) is 38.6 Å². The van der Waals surface area contributed by atoms with E-state index in [4.69, 9.17) is 28.4 Å². The first-order chi connectivity index (χ1) is 34.3. The molecule has 3 aliphatic heterocycles. The Morgan fingerprint density at radius 3 is 1.46 bits per heavy atom. The van der Waals surface area contributed by atoms with E-state index in [1.807, 2.05) is 0 Å². The third kappa shape index (κ3) is 22.4. The third-order valence-corrected chi connectivity index (χ3v) is 13.4. The van der Waals surface area contributed by atoms with E-state index in [-0.39, 0.29) is 18.9 Å². The van der Waals surface area contributed by atoms with Crippen molar-refractivity contribution in [3.63, 3.8) is 0 Å². The van der Waals surface area contributed by atoms with Crippen molar-refractivity contribution in [2.45, 2.75) is 259 Å². The van der Waals surface area contributed by atoms with Crippen LogP contribution in [-0.2, 0) is 33.2 Å². The molecule has 3 aliphatic rings. The predicted molar refractivity (Wildman–Crippen MR) is 263 cm³/mol. The second-order valence-corrected chi connectivity index (χ2v) is 19.3. The summed E-state index contributed by atoms with van der Waals surface area (Å²) in [6.45, 7) is 1.54. The Bertz CT molecular complexity index is 1450. The number of hydrogen-bond acceptors (Lipinski definition) is 18. The molecule has 0 aromatic carbocycles. The van der Waals surface area contributed by atoms with Gasteiger partial charge in [-0.3, -0.25) is 4.79 Å². The highest BCUT2D eigenvalue weighted by molar-refractivity contribution is 5.76. The average molecular weight is 1020 g/mol. The van der Waals surface area contributed by atoms with Gasteiger partial charge in [-0.2, -0.15) is 0 Å². The molecule has 1 amide bonds. The standard InChI is InChI=1S/C52H93NO18/c1-3-5-7-9-11-12-13-14-15-16-17-18-19-20-21-22-24-26-28-30-40(58)53-35(36(57)29-27-25-23-10-8-6-4-2)34-66-50-46(64)43(61)48(38(32-55)68-50)71-52-47(65)44(62)49(39(33-56)69-52)70-51-45(63)42(60)41(59)37(31-54)67-51/h8,10,14-15,27,29,35-39,41-52,54-57,59-65H,3-7,9,11-13,16-26,28,30-34H2,1-2H3,(H,53,58)/b10-8+,15-14-,29-27+. The van der Waals surface area contributed by atoms with Crippen molar-refractivity contribution in [3.8, 4) is 0 Å². The Hall–Kier alpha value is -1.99. The van der Waals surface area contributed by atoms with Gasteiger partial charge in [0.1, 0.15) is 73.2 Å². The van der Waals surface area contributed by atoms with Gasteiger partial charge >= 0.3 is 0 Å². The lowest BCUT2D eigenvalue weighted by Gasteiger charge is -2.48. The molecule has 3 rings (SSSR count). The van der Waals surface area contributed by atoms with Gasteiger partial charge in [0, 0.05) is 6.42 Å². The van der Waals surface area contributed by atoms with Crippen LogP contribution in [0.2, 0.25) is 0 Å². The number of nitrogens with one attached hydrogen (secondary N) is 1. The van der Waals surface area contributed by atoms with Crippen molar-refractivity contribution in [2.75, 3.05) is 26.4 Å². The van der Waals surface area contributed by atoms with Crippen molar-refractivity contribution < 1.29 is 89.4 Å². The Kier molecular flexibility index (Phi) is 32.9. The molecule has 71 heavy (non-hydrogen) atoms. The first kappa shape index (κ1) is 63.3. The maximum Gasteiger partial charge on any atom is 0.220 e. The first-order valence-corrected chi connectivity index (χ1v) is 26.7. The fraction of sp³-hybridized carbons (Fsp3) is 0.865. The number of allylic oxidation sites excluding steroid dienone is 5. The molecule has 12 N–H and O–H groups in total. The number of aliphatic hydroxyl groups is 11. The minimum atomic E-state index is -1.98. The van der Waals surface area contributed by atoms with Crippen LogP contribution in [0.3, 0.4) is 0 Å². The molecule has 3 heterocycles. The van der Waals surface area contributed by atoms with E-state index in [0.717, 1.165) is 51.4 Å². The van der Waals surface area contributed by atoms with Gasteiger partial charge in [0.2, 0.25) is 5.91 Å². The summed E-state index contributed by atoms with van der Waals surface area (Å²) in [6, 6.07) is -0.986. The Labute approximate surface area is 421 Å². The number of hydrogen-bond donors (Lipinski definition) is 12. The lowest BCUT2D eigenvalue weighted by molar-refractivity contribution is -0.379. The zero-order chi connectivity index (χ0) is 52.0. The predicted octanol–water partition coefficient (Wildman–Crippen LogP) is 2.59. The van der Waals surface area contributed by atoms with E-state index in [0.29, 0.717) is 12.8 Å². The van der Waals surface area contributed by atoms with Gasteiger partial charge in [-0.15, -0.1) is 0 Å². The van der Waals surface area contributed by atoms with Crippen molar-refractivity contribution in [1.29, 1.82) is 0 Å². The molecule has 0 aromatic rings. The summed E-state index contributed by atoms with van der Waals surface area (Å²) in [4.78, 5) is 13.2. The van der Waals surface area contributed by atoms with E-state index in [1.54, 1.807) is 12.2 Å². The normalized spacial score (nSPS) is 32.5. The Morgan fingerprint density at radius 2 is 0.930 bits per heavy atom. The highest BCUT2D eigenvalue weighted by atomic mass is 16.8. The highest BCUT2D eigenvalue weighted by Crippen LogP contribution is 2.33. The van der Waals surface area contributed by atoms with Gasteiger partial charge in [0.15, 0.2) is 18.9 Å². The van der Waals surface area contributed by atoms with E-state index < -0.39 is 124 Å². The van der Waals surface area contributed by atoms with Gasteiger partial charge in [-0.1, -0.05) is 134 Å². The molecule has 19 nitrogen and oxygen atoms in total. The van der Waals surface area contributed by atoms with Crippen LogP contribution in [0.1, 0.15) is 155 Å². The number of aliphatic hydroxyl groups excluding tert-OH is 11. The summed E-state index contributed by atoms with van der Waals surface area (Å²) >= 11 is 0. The van der Waals surface area contributed by atoms with Crippen LogP contribution in [0, 0.1) is 0 Å². The van der Waals surface area contributed by atoms with Crippen LogP contribution >= 0.6 is 0 Å². The Morgan fingerprint density at radius 1 is 0.493 bits per heavy atom. The van der Waals surface area contributed by atoms with Crippen LogP contribution < -0.4 is 5.32 Å². The number of carbonyl (C=O) groups excluding carboxylic acids is 1. The van der Waals surface area contributed by atoms with Gasteiger partial charge in [0.25, 0.3) is 0 Å². The van der Waals surface area contributed by atoms with Crippen molar-refractivity contribution in [2.24, 2.45) is 0 Å². The molecule has 0 saturated carbocycles. The molecule has 19 heteroatoms. The van der Waals surface area contributed by atoms with E-state index in [2.05, 4.69) is 43.5 Å². The lowest BCUT2D eigenvalue weighted by atomic mass is 9.96. The second-order valence-electron chi connectivity index (χ2n) is 19.3. The first-order valence-electron chi connectivity index (χ1n) is 26.7. The third-order valence-electron chi connectivity index (χ3n) is 13.4. The number of rotatable bonds is 37. The maximum absolute atomic E-state index is 13.2. The molecule has 0 aliphatic carbocycles. The summed E-state index contributed by atoms with van der Waals surface area (Å²) in [7, 11) is 0. The van der Waals surface area contributed by atoms with Gasteiger partial charge < -0.3 is 89.9 Å². The average Bonchev–Trinajstić information content (AvgIpc) is 3.36. The zero-order valence-corrected chi connectivity index (χ0v) is 42.4. The minimum Gasteiger partial charge on any atom is -0.394 e. The SMILES string of the molecule is CCC/C=C/CC/C=C/C(O)C(COC1OC(CO)C(OC2OC(CO)C(OC3OC(CO)C(O)C(O)C3O)C(O)C2O)C(O)C1O)NC(=O)CCCCCCCCCCC/C=C\CCCCCCCC. The van der Waals surface area contributed by atoms with Crippen LogP contribution in [0.5, 0.6) is 0 Å². The van der Waals surface area contributed by atoms with E-state index in [9.17, 15) is 61.0 Å². The van der Waals surface area contributed by atoms with E-state index >= 15 is 0 Å². The fourth-order valence-electron chi connectivity index (χ4n) is 8.91. The molecule has 0 bridgehead atoms. The highest BCUT2D eigenvalue weighted by Gasteiger charge is 2.53. The van der Waals surface area contributed by atoms with Crippen molar-refractivity contribution in [1.82, 2.24) is 5.32 Å². The van der Waals surface area contributed by atoms with Crippen LogP contribution in [0.25, 0.3) is 0 Å². The van der Waals surface area contributed by atoms with Crippen molar-refractivity contribution in [3.05, 3.63) is 36.5 Å². The second kappa shape index (κ2) is 36.9. The van der Waals surface area contributed by atoms with Gasteiger partial charge in [-0.05, 0) is 51.4 Å². The summed E-state index contributed by atoms with van der Waals surface area (Å²) < 4.78 is 34.0. The maximum atomic E-state index is 13.2. The van der Waals surface area contributed by atoms with Crippen LogP contribution in [0.15, 0.2) is 36.5 Å². The number of carbonyl (C=O) groups is 1. The number of amides is 1. The lowest BCUT2D eigenvalue weighted by Crippen LogP contribution is -2.66. The summed E-state index contributed by atoms with van der Waals surface area (Å²) in [5.41, 5.74) is 0. The van der Waals surface area contributed by atoms with E-state index in [1.165, 1.54) is 70.6 Å². The monoisotopic (exact) mass is 1020 g/mol. The quantitative estimate of drug-likeness (QED) is 0.0314. The molecule has 0 radical (unpaired) electrons. The summed E-state index contributed by atoms with van der Waals surface area (Å²) in [5, 5.41) is 119. The fourth-order valence-corrected chi connectivity index (χ4v) is 8.91. The largest absolute Gasteiger partial charge is 0.394 e. The molecule has 17 unspecified atom stereocenters. The molecular weight excluding hydrogens is 927 g/mol. The molecule has 3 saturated heterocycles. The Balaban J connectivity index is 1.49.